The Morgan fingerprint density at radius 3 is 2.54 bits per heavy atom. The minimum Gasteiger partial charge on any atom is -0.496 e. The van der Waals surface area contributed by atoms with Gasteiger partial charge in [0.2, 0.25) is 0 Å². The lowest BCUT2D eigenvalue weighted by molar-refractivity contribution is 0.417. The van der Waals surface area contributed by atoms with Crippen molar-refractivity contribution in [3.63, 3.8) is 0 Å². The summed E-state index contributed by atoms with van der Waals surface area (Å²) in [6.45, 7) is 0. The maximum Gasteiger partial charge on any atom is 0.180 e. The summed E-state index contributed by atoms with van der Waals surface area (Å²) in [5, 5.41) is 3.05. The fourth-order valence-electron chi connectivity index (χ4n) is 3.63. The summed E-state index contributed by atoms with van der Waals surface area (Å²) in [6.07, 6.45) is 0.906. The van der Waals surface area contributed by atoms with E-state index in [1.165, 1.54) is 32.3 Å². The Kier molecular flexibility index (Phi) is 4.36. The number of methoxy groups -OCH3 is 1. The van der Waals surface area contributed by atoms with Gasteiger partial charge in [-0.3, -0.25) is 0 Å². The Hall–Kier alpha value is -2.12. The lowest BCUT2D eigenvalue weighted by atomic mass is 9.97. The molecule has 1 heterocycles. The molecule has 0 fully saturated rings. The molecule has 3 nitrogen and oxygen atoms in total. The SMILES string of the molecule is COc1cc2ccccc2cc1-c1ccc2c(c1)Cc1sc(N)nc1-2.I. The molecule has 0 spiro atoms. The highest BCUT2D eigenvalue weighted by molar-refractivity contribution is 14.0. The molecule has 0 radical (unpaired) electrons. The van der Waals surface area contributed by atoms with Gasteiger partial charge in [-0.15, -0.1) is 35.3 Å². The smallest absolute Gasteiger partial charge is 0.180 e. The third-order valence-corrected chi connectivity index (χ3v) is 5.69. The van der Waals surface area contributed by atoms with Gasteiger partial charge in [0.15, 0.2) is 5.13 Å². The fraction of sp³-hybridized carbons (Fsp3) is 0.0952. The van der Waals surface area contributed by atoms with Crippen LogP contribution in [0.15, 0.2) is 54.6 Å². The van der Waals surface area contributed by atoms with E-state index in [4.69, 9.17) is 10.5 Å². The summed E-state index contributed by atoms with van der Waals surface area (Å²) in [7, 11) is 1.73. The summed E-state index contributed by atoms with van der Waals surface area (Å²) < 4.78 is 5.66. The van der Waals surface area contributed by atoms with E-state index in [1.807, 2.05) is 6.07 Å². The van der Waals surface area contributed by atoms with Crippen LogP contribution < -0.4 is 10.5 Å². The minimum atomic E-state index is 0. The molecule has 5 heteroatoms. The van der Waals surface area contributed by atoms with Crippen molar-refractivity contribution in [3.8, 4) is 28.1 Å². The first-order valence-corrected chi connectivity index (χ1v) is 9.00. The van der Waals surface area contributed by atoms with E-state index in [0.29, 0.717) is 5.13 Å². The van der Waals surface area contributed by atoms with Crippen LogP contribution in [0.4, 0.5) is 5.13 Å². The predicted molar refractivity (Wildman–Crippen MR) is 120 cm³/mol. The number of anilines is 1. The molecule has 2 N–H and O–H groups in total. The molecular formula is C21H17IN2OS. The van der Waals surface area contributed by atoms with Crippen molar-refractivity contribution in [2.75, 3.05) is 12.8 Å². The molecule has 0 saturated carbocycles. The van der Waals surface area contributed by atoms with Gasteiger partial charge < -0.3 is 10.5 Å². The number of hydrogen-bond acceptors (Lipinski definition) is 4. The number of nitrogens with two attached hydrogens (primary N) is 1. The summed E-state index contributed by atoms with van der Waals surface area (Å²) in [6, 6.07) is 19.2. The maximum absolute atomic E-state index is 5.85. The van der Waals surface area contributed by atoms with E-state index in [-0.39, 0.29) is 24.0 Å². The average Bonchev–Trinajstić information content (AvgIpc) is 3.15. The third-order valence-electron chi connectivity index (χ3n) is 4.80. The van der Waals surface area contributed by atoms with Gasteiger partial charge in [-0.2, -0.15) is 0 Å². The number of rotatable bonds is 2. The number of hydrogen-bond donors (Lipinski definition) is 1. The van der Waals surface area contributed by atoms with Gasteiger partial charge in [0.25, 0.3) is 0 Å². The number of thiazole rings is 1. The van der Waals surface area contributed by atoms with Crippen molar-refractivity contribution in [2.45, 2.75) is 6.42 Å². The molecule has 0 aliphatic heterocycles. The van der Waals surface area contributed by atoms with Gasteiger partial charge >= 0.3 is 0 Å². The van der Waals surface area contributed by atoms with Crippen LogP contribution in [0.2, 0.25) is 0 Å². The topological polar surface area (TPSA) is 48.1 Å². The second kappa shape index (κ2) is 6.55. The van der Waals surface area contributed by atoms with Gasteiger partial charge in [-0.05, 0) is 40.1 Å². The van der Waals surface area contributed by atoms with Crippen molar-refractivity contribution >= 4 is 51.2 Å². The van der Waals surface area contributed by atoms with E-state index in [1.54, 1.807) is 18.4 Å². The van der Waals surface area contributed by atoms with E-state index in [2.05, 4.69) is 53.5 Å². The molecular weight excluding hydrogens is 455 g/mol. The quantitative estimate of drug-likeness (QED) is 0.333. The average molecular weight is 472 g/mol. The number of fused-ring (bicyclic) bond motifs is 4. The van der Waals surface area contributed by atoms with Crippen molar-refractivity contribution in [3.05, 3.63) is 65.0 Å². The minimum absolute atomic E-state index is 0. The Labute approximate surface area is 172 Å². The first kappa shape index (κ1) is 17.3. The summed E-state index contributed by atoms with van der Waals surface area (Å²) >= 11 is 1.59. The second-order valence-corrected chi connectivity index (χ2v) is 7.39. The van der Waals surface area contributed by atoms with Crippen LogP contribution in [-0.2, 0) is 6.42 Å². The zero-order chi connectivity index (χ0) is 17.0. The molecule has 26 heavy (non-hydrogen) atoms. The van der Waals surface area contributed by atoms with Gasteiger partial charge in [-0.25, -0.2) is 4.98 Å². The number of benzene rings is 3. The Morgan fingerprint density at radius 1 is 1.00 bits per heavy atom. The highest BCUT2D eigenvalue weighted by atomic mass is 127. The first-order valence-electron chi connectivity index (χ1n) is 8.18. The molecule has 0 atom stereocenters. The second-order valence-electron chi connectivity index (χ2n) is 6.27. The van der Waals surface area contributed by atoms with Gasteiger partial charge in [0.05, 0.1) is 12.8 Å². The van der Waals surface area contributed by atoms with Crippen LogP contribution in [-0.4, -0.2) is 12.1 Å². The number of halogens is 1. The molecule has 130 valence electrons. The molecule has 0 unspecified atom stereocenters. The molecule has 3 aromatic carbocycles. The van der Waals surface area contributed by atoms with Crippen LogP contribution in [0, 0.1) is 0 Å². The van der Waals surface area contributed by atoms with Crippen LogP contribution in [0.5, 0.6) is 5.75 Å². The zero-order valence-electron chi connectivity index (χ0n) is 14.2. The molecule has 1 aromatic heterocycles. The highest BCUT2D eigenvalue weighted by Crippen LogP contribution is 2.43. The van der Waals surface area contributed by atoms with Crippen molar-refractivity contribution in [2.24, 2.45) is 0 Å². The maximum atomic E-state index is 5.85. The van der Waals surface area contributed by atoms with Crippen LogP contribution in [0.3, 0.4) is 0 Å². The third kappa shape index (κ3) is 2.66. The molecule has 1 aliphatic rings. The largest absolute Gasteiger partial charge is 0.496 e. The fourth-order valence-corrected chi connectivity index (χ4v) is 4.49. The summed E-state index contributed by atoms with van der Waals surface area (Å²) in [5.74, 6) is 0.897. The van der Waals surface area contributed by atoms with E-state index in [9.17, 15) is 0 Å². The van der Waals surface area contributed by atoms with Crippen molar-refractivity contribution in [1.82, 2.24) is 4.98 Å². The van der Waals surface area contributed by atoms with Crippen LogP contribution in [0.1, 0.15) is 10.4 Å². The molecule has 0 bridgehead atoms. The number of ether oxygens (including phenoxy) is 1. The van der Waals surface area contributed by atoms with Crippen LogP contribution >= 0.6 is 35.3 Å². The van der Waals surface area contributed by atoms with Crippen molar-refractivity contribution in [1.29, 1.82) is 0 Å². The molecule has 5 rings (SSSR count). The van der Waals surface area contributed by atoms with Gasteiger partial charge in [0.1, 0.15) is 5.75 Å². The molecule has 0 saturated heterocycles. The van der Waals surface area contributed by atoms with E-state index >= 15 is 0 Å². The summed E-state index contributed by atoms with van der Waals surface area (Å²) in [4.78, 5) is 5.74. The first-order chi connectivity index (χ1) is 12.2. The molecule has 0 amide bonds. The zero-order valence-corrected chi connectivity index (χ0v) is 17.3. The number of nitrogen functional groups attached to an aromatic ring is 1. The Bertz CT molecular complexity index is 1140. The highest BCUT2D eigenvalue weighted by Gasteiger charge is 2.23. The van der Waals surface area contributed by atoms with E-state index in [0.717, 1.165) is 23.4 Å². The standard InChI is InChI=1S/C21H16N2OS.HI/c1-24-18-10-13-5-3-2-4-12(13)9-17(18)14-6-7-16-15(8-14)11-19-20(16)23-21(22)25-19;/h2-10H,11H2,1H3,(H2,22,23);1H. The van der Waals surface area contributed by atoms with Crippen molar-refractivity contribution < 1.29 is 4.74 Å². The van der Waals surface area contributed by atoms with Crippen LogP contribution in [0.25, 0.3) is 33.2 Å². The monoisotopic (exact) mass is 472 g/mol. The number of aromatic nitrogens is 1. The van der Waals surface area contributed by atoms with Gasteiger partial charge in [-0.1, -0.05) is 36.4 Å². The van der Waals surface area contributed by atoms with Gasteiger partial charge in [0, 0.05) is 22.4 Å². The summed E-state index contributed by atoms with van der Waals surface area (Å²) in [5.41, 5.74) is 11.7. The molecule has 1 aliphatic carbocycles. The molecule has 4 aromatic rings. The number of nitrogens with zero attached hydrogens (tertiary/aromatic N) is 1. The lowest BCUT2D eigenvalue weighted by Crippen LogP contribution is -1.91. The lowest BCUT2D eigenvalue weighted by Gasteiger charge is -2.12. The van der Waals surface area contributed by atoms with E-state index < -0.39 is 0 Å². The Morgan fingerprint density at radius 2 is 1.77 bits per heavy atom. The predicted octanol–water partition coefficient (Wildman–Crippen LogP) is 5.74. The normalized spacial score (nSPS) is 11.7. The Balaban J connectivity index is 0.00000168.